The van der Waals surface area contributed by atoms with Gasteiger partial charge in [-0.3, -0.25) is 4.68 Å². The second-order valence-electron chi connectivity index (χ2n) is 6.67. The third-order valence-electron chi connectivity index (χ3n) is 3.80. The molecule has 2 rings (SSSR count). The van der Waals surface area contributed by atoms with Gasteiger partial charge in [-0.15, -0.1) is 24.0 Å². The minimum absolute atomic E-state index is 0. The molecule has 0 aliphatic rings. The number of ether oxygens (including phenoxy) is 1. The number of aliphatic imine (C=N–C) groups is 1. The summed E-state index contributed by atoms with van der Waals surface area (Å²) in [6, 6.07) is 6.27. The molecule has 27 heavy (non-hydrogen) atoms. The number of benzene rings is 1. The van der Waals surface area contributed by atoms with Crippen molar-refractivity contribution in [3.05, 3.63) is 47.3 Å². The molecule has 0 spiro atoms. The van der Waals surface area contributed by atoms with Gasteiger partial charge in [-0.25, -0.2) is 4.99 Å². The van der Waals surface area contributed by atoms with Crippen molar-refractivity contribution in [2.75, 3.05) is 13.1 Å². The Kier molecular flexibility index (Phi) is 10.2. The smallest absolute Gasteiger partial charge is 0.191 e. The van der Waals surface area contributed by atoms with Crippen molar-refractivity contribution in [1.29, 1.82) is 0 Å². The summed E-state index contributed by atoms with van der Waals surface area (Å²) in [7, 11) is 1.93. The van der Waals surface area contributed by atoms with Gasteiger partial charge < -0.3 is 15.4 Å². The molecular weight excluding hydrogens is 453 g/mol. The molecule has 1 aromatic heterocycles. The predicted molar refractivity (Wildman–Crippen MR) is 122 cm³/mol. The molecule has 2 N–H and O–H groups in total. The molecule has 150 valence electrons. The minimum Gasteiger partial charge on any atom is -0.491 e. The maximum atomic E-state index is 5.94. The first-order valence-electron chi connectivity index (χ1n) is 9.23. The molecule has 7 heteroatoms. The van der Waals surface area contributed by atoms with Gasteiger partial charge in [-0.1, -0.05) is 12.1 Å². The Morgan fingerprint density at radius 2 is 2.07 bits per heavy atom. The zero-order valence-corrected chi connectivity index (χ0v) is 19.3. The fourth-order valence-electron chi connectivity index (χ4n) is 2.59. The van der Waals surface area contributed by atoms with E-state index in [0.717, 1.165) is 36.8 Å². The highest BCUT2D eigenvalue weighted by atomic mass is 127. The SMILES string of the molecule is CCNC(=NCc1ccc(C)cc1OC(C)C)NCCc1cnn(C)c1.I. The third-order valence-corrected chi connectivity index (χ3v) is 3.80. The average Bonchev–Trinajstić information content (AvgIpc) is 2.98. The normalized spacial score (nSPS) is 11.3. The van der Waals surface area contributed by atoms with Crippen LogP contribution in [0.15, 0.2) is 35.6 Å². The summed E-state index contributed by atoms with van der Waals surface area (Å²) in [6.07, 6.45) is 4.98. The number of halogens is 1. The summed E-state index contributed by atoms with van der Waals surface area (Å²) in [4.78, 5) is 4.71. The van der Waals surface area contributed by atoms with Crippen molar-refractivity contribution in [1.82, 2.24) is 20.4 Å². The lowest BCUT2D eigenvalue weighted by molar-refractivity contribution is 0.240. The highest BCUT2D eigenvalue weighted by Gasteiger charge is 2.07. The standard InChI is InChI=1S/C20H31N5O.HI/c1-6-21-20(22-10-9-17-12-24-25(5)14-17)23-13-18-8-7-16(4)11-19(18)26-15(2)3;/h7-8,11-12,14-15H,6,9-10,13H2,1-5H3,(H2,21,22,23);1H. The molecular formula is C20H32IN5O. The number of hydrogen-bond acceptors (Lipinski definition) is 3. The van der Waals surface area contributed by atoms with Gasteiger partial charge in [-0.05, 0) is 51.3 Å². The number of nitrogens with zero attached hydrogens (tertiary/aromatic N) is 3. The van der Waals surface area contributed by atoms with E-state index in [1.807, 2.05) is 38.0 Å². The van der Waals surface area contributed by atoms with Crippen LogP contribution in [0.3, 0.4) is 0 Å². The number of rotatable bonds is 8. The van der Waals surface area contributed by atoms with Crippen LogP contribution < -0.4 is 15.4 Å². The van der Waals surface area contributed by atoms with E-state index in [1.54, 1.807) is 0 Å². The Morgan fingerprint density at radius 3 is 2.70 bits per heavy atom. The first kappa shape index (κ1) is 23.3. The van der Waals surface area contributed by atoms with Gasteiger partial charge in [0.05, 0.1) is 18.8 Å². The van der Waals surface area contributed by atoms with Crippen molar-refractivity contribution in [2.24, 2.45) is 12.0 Å². The largest absolute Gasteiger partial charge is 0.491 e. The Hall–Kier alpha value is -1.77. The summed E-state index contributed by atoms with van der Waals surface area (Å²) in [5, 5.41) is 10.9. The monoisotopic (exact) mass is 485 g/mol. The van der Waals surface area contributed by atoms with Crippen LogP contribution in [0.25, 0.3) is 0 Å². The summed E-state index contributed by atoms with van der Waals surface area (Å²) < 4.78 is 7.76. The average molecular weight is 485 g/mol. The van der Waals surface area contributed by atoms with E-state index in [4.69, 9.17) is 9.73 Å². The van der Waals surface area contributed by atoms with Gasteiger partial charge in [0.15, 0.2) is 5.96 Å². The summed E-state index contributed by atoms with van der Waals surface area (Å²) >= 11 is 0. The molecule has 2 aromatic rings. The molecule has 0 saturated carbocycles. The molecule has 0 saturated heterocycles. The van der Waals surface area contributed by atoms with Gasteiger partial charge in [0.1, 0.15) is 5.75 Å². The summed E-state index contributed by atoms with van der Waals surface area (Å²) in [5.74, 6) is 1.72. The number of aromatic nitrogens is 2. The van der Waals surface area contributed by atoms with Crippen molar-refractivity contribution in [3.8, 4) is 5.75 Å². The topological polar surface area (TPSA) is 63.5 Å². The molecule has 1 aromatic carbocycles. The Bertz CT molecular complexity index is 727. The molecule has 0 bridgehead atoms. The molecule has 0 atom stereocenters. The first-order chi connectivity index (χ1) is 12.5. The van der Waals surface area contributed by atoms with Crippen LogP contribution in [0.5, 0.6) is 5.75 Å². The van der Waals surface area contributed by atoms with E-state index in [2.05, 4.69) is 47.8 Å². The lowest BCUT2D eigenvalue weighted by Crippen LogP contribution is -2.38. The van der Waals surface area contributed by atoms with E-state index >= 15 is 0 Å². The van der Waals surface area contributed by atoms with Crippen molar-refractivity contribution in [3.63, 3.8) is 0 Å². The van der Waals surface area contributed by atoms with Gasteiger partial charge in [0.25, 0.3) is 0 Å². The third kappa shape index (κ3) is 8.19. The zero-order chi connectivity index (χ0) is 18.9. The molecule has 0 unspecified atom stereocenters. The number of aryl methyl sites for hydroxylation is 2. The summed E-state index contributed by atoms with van der Waals surface area (Å²) in [6.45, 7) is 10.4. The molecule has 6 nitrogen and oxygen atoms in total. The van der Waals surface area contributed by atoms with Crippen molar-refractivity contribution < 1.29 is 4.74 Å². The molecule has 0 aliphatic heterocycles. The van der Waals surface area contributed by atoms with Crippen molar-refractivity contribution >= 4 is 29.9 Å². The van der Waals surface area contributed by atoms with Gasteiger partial charge in [0, 0.05) is 31.9 Å². The molecule has 0 aliphatic carbocycles. The van der Waals surface area contributed by atoms with E-state index in [0.29, 0.717) is 6.54 Å². The fourth-order valence-corrected chi connectivity index (χ4v) is 2.59. The maximum Gasteiger partial charge on any atom is 0.191 e. The van der Waals surface area contributed by atoms with E-state index in [9.17, 15) is 0 Å². The van der Waals surface area contributed by atoms with Gasteiger partial charge >= 0.3 is 0 Å². The van der Waals surface area contributed by atoms with Crippen LogP contribution in [0.4, 0.5) is 0 Å². The predicted octanol–water partition coefficient (Wildman–Crippen LogP) is 3.43. The lowest BCUT2D eigenvalue weighted by Gasteiger charge is -2.15. The Labute approximate surface area is 179 Å². The lowest BCUT2D eigenvalue weighted by atomic mass is 10.1. The van der Waals surface area contributed by atoms with Crippen LogP contribution in [-0.4, -0.2) is 34.9 Å². The molecule has 0 amide bonds. The fraction of sp³-hybridized carbons (Fsp3) is 0.500. The molecule has 0 fully saturated rings. The second-order valence-corrected chi connectivity index (χ2v) is 6.67. The van der Waals surface area contributed by atoms with Crippen LogP contribution >= 0.6 is 24.0 Å². The number of hydrogen-bond donors (Lipinski definition) is 2. The second kappa shape index (κ2) is 11.8. The van der Waals surface area contributed by atoms with Crippen LogP contribution in [0, 0.1) is 6.92 Å². The van der Waals surface area contributed by atoms with Crippen LogP contribution in [0.1, 0.15) is 37.5 Å². The van der Waals surface area contributed by atoms with E-state index < -0.39 is 0 Å². The summed E-state index contributed by atoms with van der Waals surface area (Å²) in [5.41, 5.74) is 3.49. The first-order valence-corrected chi connectivity index (χ1v) is 9.23. The van der Waals surface area contributed by atoms with E-state index in [-0.39, 0.29) is 30.1 Å². The number of nitrogens with one attached hydrogen (secondary N) is 2. The molecule has 0 radical (unpaired) electrons. The Balaban J connectivity index is 0.00000364. The van der Waals surface area contributed by atoms with Crippen LogP contribution in [0.2, 0.25) is 0 Å². The quantitative estimate of drug-likeness (QED) is 0.342. The number of guanidine groups is 1. The van der Waals surface area contributed by atoms with Gasteiger partial charge in [0.2, 0.25) is 0 Å². The zero-order valence-electron chi connectivity index (χ0n) is 17.0. The molecule has 1 heterocycles. The highest BCUT2D eigenvalue weighted by molar-refractivity contribution is 14.0. The maximum absolute atomic E-state index is 5.94. The Morgan fingerprint density at radius 1 is 1.30 bits per heavy atom. The highest BCUT2D eigenvalue weighted by Crippen LogP contribution is 2.22. The minimum atomic E-state index is 0. The van der Waals surface area contributed by atoms with Crippen LogP contribution in [-0.2, 0) is 20.0 Å². The van der Waals surface area contributed by atoms with Crippen molar-refractivity contribution in [2.45, 2.75) is 46.8 Å². The van der Waals surface area contributed by atoms with E-state index in [1.165, 1.54) is 11.1 Å². The van der Waals surface area contributed by atoms with Gasteiger partial charge in [-0.2, -0.15) is 5.10 Å².